The van der Waals surface area contributed by atoms with E-state index in [1.54, 1.807) is 13.0 Å². The third kappa shape index (κ3) is 4.11. The SMILES string of the molecule is CCC(=O)N1C(=O)CCc2cc(N3CCC(O)(c4ccc(C(F)(F)F)cc4)CC3)ccc21. The molecule has 2 aromatic rings. The Morgan fingerprint density at radius 3 is 2.31 bits per heavy atom. The maximum atomic E-state index is 12.8. The number of benzene rings is 2. The van der Waals surface area contributed by atoms with Gasteiger partial charge in [0.1, 0.15) is 0 Å². The number of rotatable bonds is 3. The summed E-state index contributed by atoms with van der Waals surface area (Å²) in [6.07, 6.45) is -2.53. The van der Waals surface area contributed by atoms with Crippen LogP contribution in [0.5, 0.6) is 0 Å². The van der Waals surface area contributed by atoms with Crippen molar-refractivity contribution in [3.05, 3.63) is 59.2 Å². The molecule has 2 aromatic carbocycles. The van der Waals surface area contributed by atoms with Gasteiger partial charge in [-0.25, -0.2) is 0 Å². The number of carbonyl (C=O) groups is 2. The summed E-state index contributed by atoms with van der Waals surface area (Å²) in [4.78, 5) is 27.8. The zero-order valence-electron chi connectivity index (χ0n) is 17.8. The van der Waals surface area contributed by atoms with Crippen LogP contribution in [0.4, 0.5) is 24.5 Å². The fourth-order valence-electron chi connectivity index (χ4n) is 4.50. The molecule has 2 amide bonds. The minimum Gasteiger partial charge on any atom is -0.385 e. The van der Waals surface area contributed by atoms with Crippen LogP contribution in [-0.2, 0) is 27.8 Å². The van der Waals surface area contributed by atoms with Crippen LogP contribution in [-0.4, -0.2) is 30.0 Å². The van der Waals surface area contributed by atoms with Crippen LogP contribution in [0.2, 0.25) is 0 Å². The monoisotopic (exact) mass is 446 g/mol. The highest BCUT2D eigenvalue weighted by Crippen LogP contribution is 2.38. The molecule has 1 fully saturated rings. The fraction of sp³-hybridized carbons (Fsp3) is 0.417. The molecule has 5 nitrogen and oxygen atoms in total. The van der Waals surface area contributed by atoms with Crippen LogP contribution in [0.25, 0.3) is 0 Å². The predicted octanol–water partition coefficient (Wildman–Crippen LogP) is 4.41. The first-order valence-electron chi connectivity index (χ1n) is 10.8. The molecule has 0 aliphatic carbocycles. The average Bonchev–Trinajstić information content (AvgIpc) is 2.78. The van der Waals surface area contributed by atoms with Crippen molar-refractivity contribution in [1.29, 1.82) is 0 Å². The molecule has 2 aliphatic heterocycles. The maximum absolute atomic E-state index is 12.8. The van der Waals surface area contributed by atoms with Gasteiger partial charge in [0.15, 0.2) is 0 Å². The van der Waals surface area contributed by atoms with Crippen molar-refractivity contribution in [3.63, 3.8) is 0 Å². The van der Waals surface area contributed by atoms with Crippen molar-refractivity contribution in [2.24, 2.45) is 0 Å². The van der Waals surface area contributed by atoms with Gasteiger partial charge in [-0.15, -0.1) is 0 Å². The lowest BCUT2D eigenvalue weighted by Gasteiger charge is -2.40. The zero-order chi connectivity index (χ0) is 23.1. The van der Waals surface area contributed by atoms with Crippen molar-refractivity contribution < 1.29 is 27.9 Å². The highest BCUT2D eigenvalue weighted by Gasteiger charge is 2.36. The minimum absolute atomic E-state index is 0.184. The van der Waals surface area contributed by atoms with E-state index < -0.39 is 17.3 Å². The van der Waals surface area contributed by atoms with E-state index in [1.807, 2.05) is 12.1 Å². The minimum atomic E-state index is -4.40. The third-order valence-corrected chi connectivity index (χ3v) is 6.42. The molecule has 1 N–H and O–H groups in total. The van der Waals surface area contributed by atoms with Gasteiger partial charge in [-0.2, -0.15) is 13.2 Å². The second kappa shape index (κ2) is 8.24. The summed E-state index contributed by atoms with van der Waals surface area (Å²) >= 11 is 0. The van der Waals surface area contributed by atoms with Gasteiger partial charge in [0.05, 0.1) is 16.9 Å². The van der Waals surface area contributed by atoms with Crippen LogP contribution < -0.4 is 9.80 Å². The summed E-state index contributed by atoms with van der Waals surface area (Å²) in [6, 6.07) is 10.4. The molecule has 0 saturated carbocycles. The Bertz CT molecular complexity index is 1030. The highest BCUT2D eigenvalue weighted by atomic mass is 19.4. The Labute approximate surface area is 184 Å². The Balaban J connectivity index is 1.49. The van der Waals surface area contributed by atoms with Gasteiger partial charge >= 0.3 is 6.18 Å². The molecule has 1 saturated heterocycles. The van der Waals surface area contributed by atoms with Gasteiger partial charge in [-0.3, -0.25) is 14.5 Å². The second-order valence-electron chi connectivity index (χ2n) is 8.38. The number of anilines is 2. The Hall–Kier alpha value is -2.87. The maximum Gasteiger partial charge on any atom is 0.416 e. The molecular formula is C24H25F3N2O3. The summed E-state index contributed by atoms with van der Waals surface area (Å²) in [5.74, 6) is -0.403. The first-order chi connectivity index (χ1) is 15.1. The van der Waals surface area contributed by atoms with E-state index in [0.29, 0.717) is 43.6 Å². The smallest absolute Gasteiger partial charge is 0.385 e. The number of halogens is 3. The third-order valence-electron chi connectivity index (χ3n) is 6.42. The molecule has 8 heteroatoms. The number of piperidine rings is 1. The molecular weight excluding hydrogens is 421 g/mol. The fourth-order valence-corrected chi connectivity index (χ4v) is 4.50. The van der Waals surface area contributed by atoms with Crippen LogP contribution >= 0.6 is 0 Å². The summed E-state index contributed by atoms with van der Waals surface area (Å²) in [6.45, 7) is 2.80. The number of amides is 2. The van der Waals surface area contributed by atoms with Crippen molar-refractivity contribution in [2.75, 3.05) is 22.9 Å². The van der Waals surface area contributed by atoms with E-state index in [2.05, 4.69) is 4.90 Å². The lowest BCUT2D eigenvalue weighted by Crippen LogP contribution is -2.43. The molecule has 32 heavy (non-hydrogen) atoms. The number of carbonyl (C=O) groups excluding carboxylic acids is 2. The molecule has 2 aliphatic rings. The lowest BCUT2D eigenvalue weighted by molar-refractivity contribution is -0.137. The average molecular weight is 446 g/mol. The van der Waals surface area contributed by atoms with Gasteiger partial charge in [0.25, 0.3) is 0 Å². The topological polar surface area (TPSA) is 60.9 Å². The Morgan fingerprint density at radius 2 is 1.72 bits per heavy atom. The number of hydrogen-bond donors (Lipinski definition) is 1. The first kappa shape index (κ1) is 22.3. The van der Waals surface area contributed by atoms with Gasteiger partial charge in [-0.1, -0.05) is 19.1 Å². The summed E-state index contributed by atoms with van der Waals surface area (Å²) in [5, 5.41) is 11.1. The van der Waals surface area contributed by atoms with Gasteiger partial charge in [0, 0.05) is 31.6 Å². The molecule has 0 unspecified atom stereocenters. The number of alkyl halides is 3. The standard InChI is InChI=1S/C24H25F3N2O3/c1-2-21(30)29-20-9-8-19(15-16(20)3-10-22(29)31)28-13-11-23(32,12-14-28)17-4-6-18(7-5-17)24(25,26)27/h4-9,15,32H,2-3,10-14H2,1H3. The van der Waals surface area contributed by atoms with E-state index in [1.165, 1.54) is 17.0 Å². The van der Waals surface area contributed by atoms with Gasteiger partial charge in [0.2, 0.25) is 11.8 Å². The van der Waals surface area contributed by atoms with Crippen molar-refractivity contribution in [1.82, 2.24) is 0 Å². The van der Waals surface area contributed by atoms with Gasteiger partial charge in [-0.05, 0) is 60.7 Å². The molecule has 0 spiro atoms. The van der Waals surface area contributed by atoms with E-state index in [4.69, 9.17) is 0 Å². The van der Waals surface area contributed by atoms with Crippen LogP contribution in [0, 0.1) is 0 Å². The van der Waals surface area contributed by atoms with E-state index in [-0.39, 0.29) is 24.7 Å². The molecule has 0 atom stereocenters. The van der Waals surface area contributed by atoms with Crippen LogP contribution in [0.1, 0.15) is 49.3 Å². The van der Waals surface area contributed by atoms with Crippen LogP contribution in [0.3, 0.4) is 0 Å². The van der Waals surface area contributed by atoms with Crippen molar-refractivity contribution in [2.45, 2.75) is 50.8 Å². The Kier molecular flexibility index (Phi) is 5.75. The Morgan fingerprint density at radius 1 is 1.06 bits per heavy atom. The predicted molar refractivity (Wildman–Crippen MR) is 114 cm³/mol. The molecule has 2 heterocycles. The number of nitrogens with zero attached hydrogens (tertiary/aromatic N) is 2. The number of hydrogen-bond acceptors (Lipinski definition) is 4. The quantitative estimate of drug-likeness (QED) is 0.759. The molecule has 0 radical (unpaired) electrons. The lowest BCUT2D eigenvalue weighted by atomic mass is 9.84. The number of aliphatic hydroxyl groups is 1. The molecule has 0 aromatic heterocycles. The molecule has 0 bridgehead atoms. The zero-order valence-corrected chi connectivity index (χ0v) is 17.8. The largest absolute Gasteiger partial charge is 0.416 e. The molecule has 4 rings (SSSR count). The van der Waals surface area contributed by atoms with Gasteiger partial charge < -0.3 is 10.0 Å². The van der Waals surface area contributed by atoms with E-state index >= 15 is 0 Å². The number of fused-ring (bicyclic) bond motifs is 1. The number of imide groups is 1. The molecule has 170 valence electrons. The van der Waals surface area contributed by atoms with E-state index in [0.717, 1.165) is 23.4 Å². The number of aryl methyl sites for hydroxylation is 1. The summed E-state index contributed by atoms with van der Waals surface area (Å²) < 4.78 is 38.5. The second-order valence-corrected chi connectivity index (χ2v) is 8.38. The summed E-state index contributed by atoms with van der Waals surface area (Å²) in [7, 11) is 0. The van der Waals surface area contributed by atoms with E-state index in [9.17, 15) is 27.9 Å². The van der Waals surface area contributed by atoms with Crippen molar-refractivity contribution >= 4 is 23.2 Å². The normalized spacial score (nSPS) is 18.5. The highest BCUT2D eigenvalue weighted by molar-refractivity contribution is 6.16. The summed E-state index contributed by atoms with van der Waals surface area (Å²) in [5.41, 5.74) is 1.10. The first-order valence-corrected chi connectivity index (χ1v) is 10.8. The van der Waals surface area contributed by atoms with Crippen molar-refractivity contribution in [3.8, 4) is 0 Å². The van der Waals surface area contributed by atoms with Crippen LogP contribution in [0.15, 0.2) is 42.5 Å².